The number of nitrogens with zero attached hydrogens (tertiary/aromatic N) is 2. The van der Waals surface area contributed by atoms with E-state index in [1.54, 1.807) is 0 Å². The summed E-state index contributed by atoms with van der Waals surface area (Å²) in [5, 5.41) is 8.51. The van der Waals surface area contributed by atoms with Gasteiger partial charge < -0.3 is 37.7 Å². The smallest absolute Gasteiger partial charge is 0.472 e. The van der Waals surface area contributed by atoms with Crippen molar-refractivity contribution in [1.82, 2.24) is 0 Å². The molecule has 18 heteroatoms. The van der Waals surface area contributed by atoms with Gasteiger partial charge in [0, 0.05) is 18.8 Å². The van der Waals surface area contributed by atoms with Crippen LogP contribution in [-0.4, -0.2) is 169 Å². The Bertz CT molecular complexity index is 1120. The van der Waals surface area contributed by atoms with Gasteiger partial charge in [-0.2, -0.15) is 37.9 Å². The number of phosphoric acid groups is 1. The molecular formula is C49H108N2O11PS4+. The molecular weight excluding hydrogens is 952 g/mol. The summed E-state index contributed by atoms with van der Waals surface area (Å²) in [7, 11) is 2.31. The van der Waals surface area contributed by atoms with Gasteiger partial charge in [0.05, 0.1) is 105 Å². The van der Waals surface area contributed by atoms with Crippen LogP contribution < -0.4 is 0 Å². The van der Waals surface area contributed by atoms with Crippen molar-refractivity contribution in [2.45, 2.75) is 180 Å². The molecule has 0 aromatic heterocycles. The average Bonchev–Trinajstić information content (AvgIpc) is 3.25. The Morgan fingerprint density at radius 2 is 0.746 bits per heavy atom. The van der Waals surface area contributed by atoms with E-state index in [4.69, 9.17) is 28.4 Å². The molecule has 0 bridgehead atoms. The predicted octanol–water partition coefficient (Wildman–Crippen LogP) is 11.2. The van der Waals surface area contributed by atoms with Crippen LogP contribution in [0.15, 0.2) is 0 Å². The third-order valence-electron chi connectivity index (χ3n) is 11.1. The van der Waals surface area contributed by atoms with E-state index in [9.17, 15) is 22.4 Å². The molecule has 0 aliphatic carbocycles. The summed E-state index contributed by atoms with van der Waals surface area (Å²) in [6, 6.07) is 0. The van der Waals surface area contributed by atoms with Gasteiger partial charge in [-0.3, -0.25) is 9.05 Å². The highest BCUT2D eigenvalue weighted by atomic mass is 32.2. The Kier molecular flexibility index (Phi) is 57.2. The standard InChI is InChI=1S/C17H36O4S.C16H36NO4PS.C16H35NO3S2/c18-10-12-20-14-16-21-15-13-19-11-8-6-4-2-1-3-5-7-9-17-22;1-17(2,3)13-15-21-22(18,19)20-14-11-9-7-5-4-6-8-10-12-16-23;1-17(2,14-12-16-22(18,19)20)13-10-8-6-4-3-5-7-9-11-15-21/h18,22H,1-17H2;4-16H2,1-3H3,(H-,18,19,23);3-16H2,1-2H3,(H-,18,19,20,21)/p+1. The predicted molar refractivity (Wildman–Crippen MR) is 291 cm³/mol. The Morgan fingerprint density at radius 1 is 0.433 bits per heavy atom. The van der Waals surface area contributed by atoms with Crippen molar-refractivity contribution in [1.29, 1.82) is 0 Å². The van der Waals surface area contributed by atoms with Crippen molar-refractivity contribution >= 4 is 55.8 Å². The van der Waals surface area contributed by atoms with Crippen molar-refractivity contribution in [3.8, 4) is 0 Å². The largest absolute Gasteiger partial charge is 0.748 e. The van der Waals surface area contributed by atoms with E-state index in [1.165, 1.54) is 148 Å². The molecule has 13 nitrogen and oxygen atoms in total. The van der Waals surface area contributed by atoms with Gasteiger partial charge in [-0.25, -0.2) is 13.0 Å². The minimum Gasteiger partial charge on any atom is -0.748 e. The summed E-state index contributed by atoms with van der Waals surface area (Å²) < 4.78 is 70.8. The number of aliphatic hydroxyl groups excluding tert-OH is 1. The van der Waals surface area contributed by atoms with E-state index in [-0.39, 0.29) is 19.0 Å². The Balaban J connectivity index is -0.000000917. The Morgan fingerprint density at radius 3 is 1.12 bits per heavy atom. The lowest BCUT2D eigenvalue weighted by Gasteiger charge is -2.30. The van der Waals surface area contributed by atoms with E-state index in [0.717, 1.165) is 67.1 Å². The third-order valence-corrected chi connectivity index (χ3v) is 13.8. The van der Waals surface area contributed by atoms with Gasteiger partial charge in [0.2, 0.25) is 0 Å². The second kappa shape index (κ2) is 53.1. The van der Waals surface area contributed by atoms with Crippen LogP contribution in [0.5, 0.6) is 0 Å². The summed E-state index contributed by atoms with van der Waals surface area (Å²) in [6.07, 6.45) is 34.6. The highest BCUT2D eigenvalue weighted by Crippen LogP contribution is 2.43. The van der Waals surface area contributed by atoms with Crippen LogP contribution >= 0.6 is 45.7 Å². The van der Waals surface area contributed by atoms with Gasteiger partial charge >= 0.3 is 7.82 Å². The van der Waals surface area contributed by atoms with Crippen molar-refractivity contribution in [2.75, 3.05) is 137 Å². The first-order valence-corrected chi connectivity index (χ1v) is 31.3. The number of quaternary nitrogens is 2. The minimum absolute atomic E-state index is 0.0686. The molecule has 0 rings (SSSR count). The zero-order valence-corrected chi connectivity index (χ0v) is 48.2. The zero-order valence-electron chi connectivity index (χ0n) is 43.8. The number of hydrogen-bond acceptors (Lipinski definition) is 13. The number of hydrogen-bond donors (Lipinski definition) is 5. The molecule has 1 atom stereocenters. The van der Waals surface area contributed by atoms with Crippen molar-refractivity contribution in [2.24, 2.45) is 0 Å². The van der Waals surface area contributed by atoms with E-state index in [0.29, 0.717) is 57.1 Å². The number of ether oxygens (including phenoxy) is 3. The quantitative estimate of drug-likeness (QED) is 0.0130. The fraction of sp³-hybridized carbons (Fsp3) is 1.00. The molecule has 67 heavy (non-hydrogen) atoms. The fourth-order valence-electron chi connectivity index (χ4n) is 6.93. The first-order chi connectivity index (χ1) is 31.9. The third kappa shape index (κ3) is 71.2. The van der Waals surface area contributed by atoms with Gasteiger partial charge in [0.15, 0.2) is 0 Å². The summed E-state index contributed by atoms with van der Waals surface area (Å²) >= 11 is 12.6. The summed E-state index contributed by atoms with van der Waals surface area (Å²) in [5.74, 6) is 2.80. The molecule has 0 fully saturated rings. The maximum absolute atomic E-state index is 11.7. The molecule has 0 aliphatic rings. The molecule has 0 amide bonds. The number of phosphoric ester groups is 1. The van der Waals surface area contributed by atoms with Gasteiger partial charge in [-0.05, 0) is 62.2 Å². The molecule has 0 aromatic carbocycles. The number of unbranched alkanes of at least 4 members (excludes halogenated alkanes) is 24. The fourth-order valence-corrected chi connectivity index (χ4v) is 8.83. The summed E-state index contributed by atoms with van der Waals surface area (Å²) in [6.45, 7) is 6.67. The highest BCUT2D eigenvalue weighted by Gasteiger charge is 2.22. The molecule has 0 saturated carbocycles. The van der Waals surface area contributed by atoms with Crippen LogP contribution in [0.1, 0.15) is 180 Å². The topological polar surface area (TPSA) is 161 Å². The second-order valence-electron chi connectivity index (χ2n) is 19.4. The highest BCUT2D eigenvalue weighted by molar-refractivity contribution is 7.85. The maximum Gasteiger partial charge on any atom is 0.472 e. The molecule has 0 saturated heterocycles. The SMILES string of the molecule is C[N+](C)(C)CCOP(=O)(O)OCCCCCCCCCCCS.C[N+](C)(CCCCCCCCCCCS)CCCS(=O)(=O)[O-].OCCOCCOCCOCCCCCCCCCCCS. The van der Waals surface area contributed by atoms with Crippen LogP contribution in [0, 0.1) is 0 Å². The second-order valence-corrected chi connectivity index (χ2v) is 23.7. The van der Waals surface area contributed by atoms with E-state index < -0.39 is 17.9 Å². The van der Waals surface area contributed by atoms with E-state index in [1.807, 2.05) is 21.1 Å². The van der Waals surface area contributed by atoms with Crippen LogP contribution in [-0.2, 0) is 37.9 Å². The van der Waals surface area contributed by atoms with Crippen molar-refractivity contribution < 1.29 is 59.8 Å². The van der Waals surface area contributed by atoms with E-state index in [2.05, 4.69) is 52.0 Å². The molecule has 0 spiro atoms. The van der Waals surface area contributed by atoms with Crippen LogP contribution in [0.2, 0.25) is 0 Å². The lowest BCUT2D eigenvalue weighted by molar-refractivity contribution is -0.890. The monoisotopic (exact) mass is 1060 g/mol. The van der Waals surface area contributed by atoms with Gasteiger partial charge in [0.1, 0.15) is 13.2 Å². The lowest BCUT2D eigenvalue weighted by Crippen LogP contribution is -2.41. The van der Waals surface area contributed by atoms with Crippen molar-refractivity contribution in [3.63, 3.8) is 0 Å². The zero-order chi connectivity index (χ0) is 50.6. The number of rotatable bonds is 50. The van der Waals surface area contributed by atoms with Crippen LogP contribution in [0.3, 0.4) is 0 Å². The normalized spacial score (nSPS) is 12.9. The first-order valence-electron chi connectivity index (χ1n) is 26.3. The number of aliphatic hydroxyl groups is 1. The molecule has 1 unspecified atom stereocenters. The molecule has 408 valence electrons. The van der Waals surface area contributed by atoms with Gasteiger partial charge in [0.25, 0.3) is 0 Å². The summed E-state index contributed by atoms with van der Waals surface area (Å²) in [5.41, 5.74) is 0. The van der Waals surface area contributed by atoms with Gasteiger partial charge in [-0.15, -0.1) is 0 Å². The number of likely N-dealkylation sites (N-methyl/N-ethyl adjacent to an activating group) is 1. The minimum atomic E-state index is -4.05. The van der Waals surface area contributed by atoms with Gasteiger partial charge in [-0.1, -0.05) is 128 Å². The first kappa shape index (κ1) is 72.1. The van der Waals surface area contributed by atoms with Crippen molar-refractivity contribution in [3.05, 3.63) is 0 Å². The number of thiol groups is 3. The Labute approximate surface area is 430 Å². The van der Waals surface area contributed by atoms with E-state index >= 15 is 0 Å². The molecule has 0 aromatic rings. The Hall–Kier alpha value is 0.830. The van der Waals surface area contributed by atoms with Crippen LogP contribution in [0.25, 0.3) is 0 Å². The molecule has 2 N–H and O–H groups in total. The summed E-state index contributed by atoms with van der Waals surface area (Å²) in [4.78, 5) is 9.55. The average molecular weight is 1060 g/mol. The maximum atomic E-state index is 11.7. The molecule has 0 aliphatic heterocycles. The lowest BCUT2D eigenvalue weighted by atomic mass is 10.1. The molecule has 0 heterocycles. The van der Waals surface area contributed by atoms with Crippen LogP contribution in [0.4, 0.5) is 0 Å². The molecule has 0 radical (unpaired) electrons.